The molecule has 0 aromatic heterocycles. The van der Waals surface area contributed by atoms with Crippen molar-refractivity contribution in [3.05, 3.63) is 77.3 Å². The third-order valence-electron chi connectivity index (χ3n) is 3.79. The van der Waals surface area contributed by atoms with Crippen LogP contribution >= 0.6 is 23.2 Å². The molecule has 1 N–H and O–H groups in total. The zero-order chi connectivity index (χ0) is 19.6. The lowest BCUT2D eigenvalue weighted by Gasteiger charge is -2.16. The van der Waals surface area contributed by atoms with E-state index in [0.29, 0.717) is 15.6 Å². The van der Waals surface area contributed by atoms with Gasteiger partial charge in [0, 0.05) is 21.7 Å². The summed E-state index contributed by atoms with van der Waals surface area (Å²) in [6.07, 6.45) is 0. The third-order valence-corrected chi connectivity index (χ3v) is 4.36. The molecule has 8 nitrogen and oxygen atoms in total. The number of benzene rings is 2. The fourth-order valence-electron chi connectivity index (χ4n) is 2.42. The Hall–Kier alpha value is -2.71. The Labute approximate surface area is 158 Å². The van der Waals surface area contributed by atoms with Gasteiger partial charge in [-0.25, -0.2) is 0 Å². The first-order valence-corrected chi connectivity index (χ1v) is 8.06. The molecule has 2 rings (SSSR count). The predicted octanol–water partition coefficient (Wildman–Crippen LogP) is 4.61. The van der Waals surface area contributed by atoms with Crippen LogP contribution in [0, 0.1) is 27.2 Å². The van der Waals surface area contributed by atoms with Gasteiger partial charge >= 0.3 is 0 Å². The van der Waals surface area contributed by atoms with E-state index in [1.54, 1.807) is 19.1 Å². The van der Waals surface area contributed by atoms with Crippen molar-refractivity contribution in [2.24, 2.45) is 0 Å². The minimum Gasteiger partial charge on any atom is -0.345 e. The highest BCUT2D eigenvalue weighted by atomic mass is 35.5. The van der Waals surface area contributed by atoms with Crippen molar-refractivity contribution in [3.63, 3.8) is 0 Å². The summed E-state index contributed by atoms with van der Waals surface area (Å²) >= 11 is 11.9. The molecule has 0 aliphatic heterocycles. The SMILES string of the molecule is Cc1c(C(=O)NC(C)c2ccc(Cl)cc2Cl)cc([N+](=O)[O-])cc1[N+](=O)[O-]. The van der Waals surface area contributed by atoms with Crippen molar-refractivity contribution in [2.45, 2.75) is 19.9 Å². The number of rotatable bonds is 5. The van der Waals surface area contributed by atoms with Crippen molar-refractivity contribution in [1.29, 1.82) is 0 Å². The van der Waals surface area contributed by atoms with E-state index in [2.05, 4.69) is 5.32 Å². The van der Waals surface area contributed by atoms with Crippen LogP contribution in [0.25, 0.3) is 0 Å². The van der Waals surface area contributed by atoms with Crippen molar-refractivity contribution in [3.8, 4) is 0 Å². The summed E-state index contributed by atoms with van der Waals surface area (Å²) in [5.74, 6) is -0.687. The number of carbonyl (C=O) groups is 1. The van der Waals surface area contributed by atoms with E-state index in [1.165, 1.54) is 13.0 Å². The zero-order valence-corrected chi connectivity index (χ0v) is 15.2. The van der Waals surface area contributed by atoms with E-state index < -0.39 is 33.2 Å². The molecule has 0 saturated carbocycles. The van der Waals surface area contributed by atoms with Crippen LogP contribution in [-0.4, -0.2) is 15.8 Å². The van der Waals surface area contributed by atoms with Crippen LogP contribution in [0.4, 0.5) is 11.4 Å². The quantitative estimate of drug-likeness (QED) is 0.583. The van der Waals surface area contributed by atoms with Gasteiger partial charge in [0.25, 0.3) is 17.3 Å². The summed E-state index contributed by atoms with van der Waals surface area (Å²) in [4.78, 5) is 33.1. The Morgan fingerprint density at radius 3 is 2.31 bits per heavy atom. The smallest absolute Gasteiger partial charge is 0.279 e. The molecule has 1 unspecified atom stereocenters. The monoisotopic (exact) mass is 397 g/mol. The number of nitro benzene ring substituents is 2. The molecule has 0 aliphatic rings. The summed E-state index contributed by atoms with van der Waals surface area (Å²) < 4.78 is 0. The second-order valence-electron chi connectivity index (χ2n) is 5.51. The van der Waals surface area contributed by atoms with Gasteiger partial charge < -0.3 is 5.32 Å². The summed E-state index contributed by atoms with van der Waals surface area (Å²) in [6.45, 7) is 3.02. The van der Waals surface area contributed by atoms with Gasteiger partial charge in [-0.05, 0) is 31.5 Å². The molecule has 10 heteroatoms. The molecule has 0 aliphatic carbocycles. The van der Waals surface area contributed by atoms with E-state index >= 15 is 0 Å². The van der Waals surface area contributed by atoms with Crippen molar-refractivity contribution in [1.82, 2.24) is 5.32 Å². The van der Waals surface area contributed by atoms with Crippen LogP contribution in [0.3, 0.4) is 0 Å². The molecule has 0 heterocycles. The maximum Gasteiger partial charge on any atom is 0.279 e. The number of hydrogen-bond acceptors (Lipinski definition) is 5. The molecule has 136 valence electrons. The molecule has 2 aromatic carbocycles. The van der Waals surface area contributed by atoms with Crippen LogP contribution in [0.2, 0.25) is 10.0 Å². The first kappa shape index (κ1) is 19.6. The highest BCUT2D eigenvalue weighted by Crippen LogP contribution is 2.30. The van der Waals surface area contributed by atoms with Crippen LogP contribution < -0.4 is 5.32 Å². The molecule has 0 bridgehead atoms. The van der Waals surface area contributed by atoms with Gasteiger partial charge in [0.1, 0.15) is 0 Å². The molecule has 0 fully saturated rings. The topological polar surface area (TPSA) is 115 Å². The molecule has 26 heavy (non-hydrogen) atoms. The van der Waals surface area contributed by atoms with Crippen LogP contribution in [0.1, 0.15) is 34.5 Å². The lowest BCUT2D eigenvalue weighted by atomic mass is 10.0. The number of nitrogens with one attached hydrogen (secondary N) is 1. The second-order valence-corrected chi connectivity index (χ2v) is 6.36. The highest BCUT2D eigenvalue weighted by molar-refractivity contribution is 6.35. The second kappa shape index (κ2) is 7.67. The number of nitrogens with zero attached hydrogens (tertiary/aromatic N) is 2. The van der Waals surface area contributed by atoms with Gasteiger partial charge in [-0.3, -0.25) is 25.0 Å². The Morgan fingerprint density at radius 2 is 1.77 bits per heavy atom. The number of non-ortho nitro benzene ring substituents is 1. The number of amides is 1. The molecule has 2 aromatic rings. The Balaban J connectivity index is 2.39. The van der Waals surface area contributed by atoms with E-state index in [4.69, 9.17) is 23.2 Å². The van der Waals surface area contributed by atoms with Gasteiger partial charge in [-0.15, -0.1) is 0 Å². The van der Waals surface area contributed by atoms with Crippen molar-refractivity contribution >= 4 is 40.5 Å². The molecule has 0 radical (unpaired) electrons. The summed E-state index contributed by atoms with van der Waals surface area (Å²) in [7, 11) is 0. The van der Waals surface area contributed by atoms with Crippen molar-refractivity contribution in [2.75, 3.05) is 0 Å². The Kier molecular flexibility index (Phi) is 5.79. The highest BCUT2D eigenvalue weighted by Gasteiger charge is 2.25. The molecule has 1 amide bonds. The van der Waals surface area contributed by atoms with E-state index in [0.717, 1.165) is 12.1 Å². The minimum absolute atomic E-state index is 0.0347. The average molecular weight is 398 g/mol. The van der Waals surface area contributed by atoms with Crippen molar-refractivity contribution < 1.29 is 14.6 Å². The van der Waals surface area contributed by atoms with E-state index in [-0.39, 0.29) is 11.1 Å². The normalized spacial score (nSPS) is 11.7. The van der Waals surface area contributed by atoms with Gasteiger partial charge in [0.15, 0.2) is 0 Å². The lowest BCUT2D eigenvalue weighted by molar-refractivity contribution is -0.394. The number of nitro groups is 2. The predicted molar refractivity (Wildman–Crippen MR) is 96.8 cm³/mol. The summed E-state index contributed by atoms with van der Waals surface area (Å²) in [6, 6.07) is 6.04. The zero-order valence-electron chi connectivity index (χ0n) is 13.7. The van der Waals surface area contributed by atoms with Gasteiger partial charge in [0.2, 0.25) is 0 Å². The maximum absolute atomic E-state index is 12.6. The Morgan fingerprint density at radius 1 is 1.12 bits per heavy atom. The largest absolute Gasteiger partial charge is 0.345 e. The average Bonchev–Trinajstić information content (AvgIpc) is 2.54. The first-order valence-electron chi connectivity index (χ1n) is 7.31. The van der Waals surface area contributed by atoms with Crippen LogP contribution in [-0.2, 0) is 0 Å². The van der Waals surface area contributed by atoms with Gasteiger partial charge in [-0.1, -0.05) is 29.3 Å². The van der Waals surface area contributed by atoms with Gasteiger partial charge in [-0.2, -0.15) is 0 Å². The van der Waals surface area contributed by atoms with Crippen LogP contribution in [0.15, 0.2) is 30.3 Å². The van der Waals surface area contributed by atoms with Gasteiger partial charge in [0.05, 0.1) is 27.5 Å². The summed E-state index contributed by atoms with van der Waals surface area (Å²) in [5.41, 5.74) is -0.566. The minimum atomic E-state index is -0.789. The number of halogens is 2. The number of carbonyl (C=O) groups excluding carboxylic acids is 1. The van der Waals surface area contributed by atoms with Crippen LogP contribution in [0.5, 0.6) is 0 Å². The molecule has 1 atom stereocenters. The fraction of sp³-hybridized carbons (Fsp3) is 0.188. The van der Waals surface area contributed by atoms with E-state index in [9.17, 15) is 25.0 Å². The lowest BCUT2D eigenvalue weighted by Crippen LogP contribution is -2.27. The maximum atomic E-state index is 12.6. The van der Waals surface area contributed by atoms with E-state index in [1.807, 2.05) is 0 Å². The molecule has 0 saturated heterocycles. The standard InChI is InChI=1S/C16H13Cl2N3O5/c1-8-13(6-11(20(23)24)7-15(8)21(25)26)16(22)19-9(2)12-4-3-10(17)5-14(12)18/h3-7,9H,1-2H3,(H,19,22). The molecular weight excluding hydrogens is 385 g/mol. The fourth-order valence-corrected chi connectivity index (χ4v) is 2.99. The summed E-state index contributed by atoms with van der Waals surface area (Å²) in [5, 5.41) is 25.5. The molecular formula is C16H13Cl2N3O5. The number of hydrogen-bond donors (Lipinski definition) is 1. The third kappa shape index (κ3) is 4.09. The Bertz CT molecular complexity index is 917. The first-order chi connectivity index (χ1) is 12.1. The molecule has 0 spiro atoms.